The number of carbonyl (C=O) groups excluding carboxylic acids is 1. The minimum atomic E-state index is -3.46. The van der Waals surface area contributed by atoms with Crippen molar-refractivity contribution in [3.8, 4) is 12.3 Å². The molecule has 5 nitrogen and oxygen atoms in total. The minimum Gasteiger partial charge on any atom is -0.302 e. The predicted molar refractivity (Wildman–Crippen MR) is 107 cm³/mol. The number of nitrogens with zero attached hydrogens (tertiary/aromatic N) is 2. The highest BCUT2D eigenvalue weighted by Gasteiger charge is 2.19. The highest BCUT2D eigenvalue weighted by molar-refractivity contribution is 7.92. The van der Waals surface area contributed by atoms with Crippen LogP contribution in [0.4, 0.5) is 8.78 Å². The fourth-order valence-corrected chi connectivity index (χ4v) is 4.79. The van der Waals surface area contributed by atoms with Gasteiger partial charge in [0.15, 0.2) is 20.5 Å². The Morgan fingerprint density at radius 3 is 2.48 bits per heavy atom. The number of thiazole rings is 1. The molecular weight excluding hydrogens is 418 g/mol. The van der Waals surface area contributed by atoms with E-state index < -0.39 is 32.6 Å². The molecule has 0 N–H and O–H groups in total. The standard InChI is InChI=1S/C20H16F2N2O3S2/c1-4-9-24-18-16(22)10-14(21)11-17(18)28-20(24)23-19(25)13-5-7-15(8-6-13)29(26,27)12(2)3/h1,5-8,10-12H,9H2,2-3H3. The second kappa shape index (κ2) is 7.89. The summed E-state index contributed by atoms with van der Waals surface area (Å²) in [5.74, 6) is 0.159. The maximum Gasteiger partial charge on any atom is 0.279 e. The predicted octanol–water partition coefficient (Wildman–Crippen LogP) is 3.54. The zero-order chi connectivity index (χ0) is 21.3. The highest BCUT2D eigenvalue weighted by Crippen LogP contribution is 2.22. The molecule has 0 saturated carbocycles. The average Bonchev–Trinajstić information content (AvgIpc) is 2.99. The summed E-state index contributed by atoms with van der Waals surface area (Å²) in [5.41, 5.74) is 0.225. The van der Waals surface area contributed by atoms with Crippen LogP contribution in [0.3, 0.4) is 0 Å². The van der Waals surface area contributed by atoms with E-state index in [0.29, 0.717) is 0 Å². The first-order chi connectivity index (χ1) is 13.6. The van der Waals surface area contributed by atoms with E-state index in [4.69, 9.17) is 6.42 Å². The molecule has 150 valence electrons. The van der Waals surface area contributed by atoms with Crippen LogP contribution in [0.15, 0.2) is 46.3 Å². The lowest BCUT2D eigenvalue weighted by Crippen LogP contribution is -2.17. The van der Waals surface area contributed by atoms with E-state index in [9.17, 15) is 22.0 Å². The summed E-state index contributed by atoms with van der Waals surface area (Å²) in [7, 11) is -3.46. The van der Waals surface area contributed by atoms with Crippen molar-refractivity contribution in [3.05, 3.63) is 58.4 Å². The number of hydrogen-bond donors (Lipinski definition) is 0. The number of terminal acetylenes is 1. The fourth-order valence-electron chi connectivity index (χ4n) is 2.66. The molecule has 0 fully saturated rings. The Labute approximate surface area is 170 Å². The molecule has 0 spiro atoms. The number of sulfone groups is 1. The van der Waals surface area contributed by atoms with Crippen LogP contribution in [-0.4, -0.2) is 24.1 Å². The molecule has 1 amide bonds. The van der Waals surface area contributed by atoms with Gasteiger partial charge in [0.2, 0.25) is 0 Å². The Morgan fingerprint density at radius 2 is 1.90 bits per heavy atom. The topological polar surface area (TPSA) is 68.5 Å². The van der Waals surface area contributed by atoms with E-state index in [-0.39, 0.29) is 32.0 Å². The lowest BCUT2D eigenvalue weighted by molar-refractivity contribution is 0.0997. The largest absolute Gasteiger partial charge is 0.302 e. The molecule has 1 aromatic heterocycles. The van der Waals surface area contributed by atoms with Crippen LogP contribution in [0.25, 0.3) is 10.2 Å². The van der Waals surface area contributed by atoms with E-state index in [2.05, 4.69) is 10.9 Å². The number of halogens is 2. The van der Waals surface area contributed by atoms with Gasteiger partial charge < -0.3 is 4.57 Å². The van der Waals surface area contributed by atoms with Gasteiger partial charge >= 0.3 is 0 Å². The van der Waals surface area contributed by atoms with Crippen molar-refractivity contribution < 1.29 is 22.0 Å². The number of carbonyl (C=O) groups is 1. The Balaban J connectivity index is 2.08. The van der Waals surface area contributed by atoms with Crippen molar-refractivity contribution in [2.45, 2.75) is 30.5 Å². The molecule has 0 atom stereocenters. The summed E-state index contributed by atoms with van der Waals surface area (Å²) in [6, 6.07) is 7.29. The van der Waals surface area contributed by atoms with E-state index >= 15 is 0 Å². The van der Waals surface area contributed by atoms with E-state index in [1.807, 2.05) is 0 Å². The molecule has 0 bridgehead atoms. The molecule has 0 aliphatic heterocycles. The number of aromatic nitrogens is 1. The van der Waals surface area contributed by atoms with Crippen molar-refractivity contribution in [1.29, 1.82) is 0 Å². The van der Waals surface area contributed by atoms with Crippen LogP contribution in [0.1, 0.15) is 24.2 Å². The van der Waals surface area contributed by atoms with E-state index in [0.717, 1.165) is 23.5 Å². The normalized spacial score (nSPS) is 12.5. The Kier molecular flexibility index (Phi) is 5.68. The molecule has 0 aliphatic carbocycles. The summed E-state index contributed by atoms with van der Waals surface area (Å²) in [4.78, 5) is 16.8. The Bertz CT molecular complexity index is 1310. The van der Waals surface area contributed by atoms with Gasteiger partial charge in [-0.2, -0.15) is 4.99 Å². The Morgan fingerprint density at radius 1 is 1.24 bits per heavy atom. The van der Waals surface area contributed by atoms with Crippen molar-refractivity contribution in [1.82, 2.24) is 4.57 Å². The number of rotatable bonds is 4. The van der Waals surface area contributed by atoms with E-state index in [1.54, 1.807) is 13.8 Å². The van der Waals surface area contributed by atoms with Crippen LogP contribution >= 0.6 is 11.3 Å². The molecule has 0 unspecified atom stereocenters. The summed E-state index contributed by atoms with van der Waals surface area (Å²) < 4.78 is 53.7. The van der Waals surface area contributed by atoms with Crippen molar-refractivity contribution >= 4 is 37.3 Å². The Hall–Kier alpha value is -2.83. The number of amides is 1. The second-order valence-electron chi connectivity index (χ2n) is 6.44. The van der Waals surface area contributed by atoms with Gasteiger partial charge in [0.25, 0.3) is 5.91 Å². The lowest BCUT2D eigenvalue weighted by Gasteiger charge is -2.07. The van der Waals surface area contributed by atoms with Crippen LogP contribution < -0.4 is 4.80 Å². The van der Waals surface area contributed by atoms with Gasteiger partial charge in [-0.3, -0.25) is 4.79 Å². The smallest absolute Gasteiger partial charge is 0.279 e. The molecule has 0 aliphatic rings. The summed E-state index contributed by atoms with van der Waals surface area (Å²) in [5, 5.41) is -0.592. The lowest BCUT2D eigenvalue weighted by atomic mass is 10.2. The van der Waals surface area contributed by atoms with Crippen LogP contribution in [0.5, 0.6) is 0 Å². The zero-order valence-electron chi connectivity index (χ0n) is 15.5. The highest BCUT2D eigenvalue weighted by atomic mass is 32.2. The molecule has 9 heteroatoms. The minimum absolute atomic E-state index is 0.0553. The SMILES string of the molecule is C#CCn1c(=NC(=O)c2ccc(S(=O)(=O)C(C)C)cc2)sc2cc(F)cc(F)c21. The van der Waals surface area contributed by atoms with Gasteiger partial charge in [0, 0.05) is 11.6 Å². The molecule has 3 aromatic rings. The fraction of sp³-hybridized carbons (Fsp3) is 0.200. The number of benzene rings is 2. The van der Waals surface area contributed by atoms with Gasteiger partial charge in [-0.15, -0.1) is 6.42 Å². The van der Waals surface area contributed by atoms with Gasteiger partial charge in [0.1, 0.15) is 5.82 Å². The molecule has 0 radical (unpaired) electrons. The summed E-state index contributed by atoms with van der Waals surface area (Å²) in [6.45, 7) is 3.08. The zero-order valence-corrected chi connectivity index (χ0v) is 17.2. The molecule has 2 aromatic carbocycles. The maximum atomic E-state index is 14.2. The van der Waals surface area contributed by atoms with Gasteiger partial charge in [0.05, 0.1) is 26.9 Å². The first-order valence-electron chi connectivity index (χ1n) is 8.50. The molecular formula is C20H16F2N2O3S2. The van der Waals surface area contributed by atoms with E-state index in [1.165, 1.54) is 28.8 Å². The first kappa shape index (κ1) is 20.9. The van der Waals surface area contributed by atoms with Crippen LogP contribution in [0, 0.1) is 24.0 Å². The second-order valence-corrected chi connectivity index (χ2v) is 9.96. The van der Waals surface area contributed by atoms with Crippen molar-refractivity contribution in [2.75, 3.05) is 0 Å². The molecule has 29 heavy (non-hydrogen) atoms. The summed E-state index contributed by atoms with van der Waals surface area (Å²) in [6.07, 6.45) is 5.34. The van der Waals surface area contributed by atoms with Gasteiger partial charge in [-0.05, 0) is 44.2 Å². The van der Waals surface area contributed by atoms with Crippen LogP contribution in [-0.2, 0) is 16.4 Å². The molecule has 0 saturated heterocycles. The summed E-state index contributed by atoms with van der Waals surface area (Å²) >= 11 is 0.931. The third kappa shape index (κ3) is 3.99. The number of hydrogen-bond acceptors (Lipinski definition) is 4. The first-order valence-corrected chi connectivity index (χ1v) is 10.9. The van der Waals surface area contributed by atoms with Crippen molar-refractivity contribution in [3.63, 3.8) is 0 Å². The quantitative estimate of drug-likeness (QED) is 0.590. The monoisotopic (exact) mass is 434 g/mol. The van der Waals surface area contributed by atoms with Crippen molar-refractivity contribution in [2.24, 2.45) is 4.99 Å². The number of fused-ring (bicyclic) bond motifs is 1. The van der Waals surface area contributed by atoms with Crippen LogP contribution in [0.2, 0.25) is 0 Å². The van der Waals surface area contributed by atoms with Gasteiger partial charge in [-0.1, -0.05) is 17.3 Å². The molecule has 3 rings (SSSR count). The maximum absolute atomic E-state index is 14.2. The third-order valence-corrected chi connectivity index (χ3v) is 7.39. The third-order valence-electron chi connectivity index (χ3n) is 4.19. The average molecular weight is 434 g/mol. The van der Waals surface area contributed by atoms with Gasteiger partial charge in [-0.25, -0.2) is 17.2 Å². The molecule has 1 heterocycles.